The Labute approximate surface area is 83.8 Å². The molecule has 7 heteroatoms. The average molecular weight is 237 g/mol. The van der Waals surface area contributed by atoms with E-state index in [-0.39, 0.29) is 6.54 Å². The third-order valence-corrected chi connectivity index (χ3v) is 1.80. The quantitative estimate of drug-likeness (QED) is 0.723. The molecule has 0 aliphatic heterocycles. The molecule has 0 aliphatic carbocycles. The van der Waals surface area contributed by atoms with Crippen molar-refractivity contribution in [3.8, 4) is 0 Å². The molecule has 0 bridgehead atoms. The van der Waals surface area contributed by atoms with Gasteiger partial charge in [-0.25, -0.2) is 0 Å². The summed E-state index contributed by atoms with van der Waals surface area (Å²) in [6.45, 7) is 1.55. The molecular formula is C8H13F6N. The van der Waals surface area contributed by atoms with Crippen LogP contribution in [0.25, 0.3) is 0 Å². The zero-order chi connectivity index (χ0) is 12.1. The highest BCUT2D eigenvalue weighted by molar-refractivity contribution is 4.74. The van der Waals surface area contributed by atoms with Crippen LogP contribution in [0, 0.1) is 0 Å². The second kappa shape index (κ2) is 5.58. The summed E-state index contributed by atoms with van der Waals surface area (Å²) in [5, 5.41) is 2.12. The highest BCUT2D eigenvalue weighted by Crippen LogP contribution is 2.27. The maximum absolute atomic E-state index is 12.2. The molecule has 1 nitrogen and oxygen atoms in total. The molecular weight excluding hydrogens is 224 g/mol. The van der Waals surface area contributed by atoms with Crippen LogP contribution >= 0.6 is 0 Å². The molecule has 15 heavy (non-hydrogen) atoms. The molecule has 0 aromatic rings. The van der Waals surface area contributed by atoms with Gasteiger partial charge in [0.15, 0.2) is 0 Å². The van der Waals surface area contributed by atoms with Crippen molar-refractivity contribution in [1.82, 2.24) is 5.32 Å². The Hall–Kier alpha value is -0.460. The van der Waals surface area contributed by atoms with Crippen molar-refractivity contribution in [3.63, 3.8) is 0 Å². The zero-order valence-electron chi connectivity index (χ0n) is 8.17. The lowest BCUT2D eigenvalue weighted by atomic mass is 10.1. The maximum Gasteiger partial charge on any atom is 0.403 e. The van der Waals surface area contributed by atoms with Crippen LogP contribution in [0.1, 0.15) is 26.2 Å². The second-order valence-corrected chi connectivity index (χ2v) is 3.16. The standard InChI is InChI=1S/C8H13F6N/c1-2-15-6(8(12,13)14)4-3-5-7(9,10)11/h6,15H,2-5H2,1H3. The van der Waals surface area contributed by atoms with Gasteiger partial charge in [0.1, 0.15) is 6.04 Å². The predicted octanol–water partition coefficient (Wildman–Crippen LogP) is 3.26. The summed E-state index contributed by atoms with van der Waals surface area (Å²) < 4.78 is 71.6. The fraction of sp³-hybridized carbons (Fsp3) is 1.00. The lowest BCUT2D eigenvalue weighted by Crippen LogP contribution is -2.42. The van der Waals surface area contributed by atoms with Gasteiger partial charge in [0.05, 0.1) is 0 Å². The van der Waals surface area contributed by atoms with E-state index in [1.165, 1.54) is 6.92 Å². The summed E-state index contributed by atoms with van der Waals surface area (Å²) in [5.41, 5.74) is 0. The van der Waals surface area contributed by atoms with Crippen LogP contribution in [-0.4, -0.2) is 24.9 Å². The van der Waals surface area contributed by atoms with Gasteiger partial charge in [0.2, 0.25) is 0 Å². The minimum Gasteiger partial charge on any atom is -0.306 e. The Bertz CT molecular complexity index is 173. The topological polar surface area (TPSA) is 12.0 Å². The first-order valence-corrected chi connectivity index (χ1v) is 4.53. The van der Waals surface area contributed by atoms with Crippen molar-refractivity contribution < 1.29 is 26.3 Å². The van der Waals surface area contributed by atoms with Crippen LogP contribution in [-0.2, 0) is 0 Å². The first-order valence-electron chi connectivity index (χ1n) is 4.53. The molecule has 0 aromatic heterocycles. The number of hydrogen-bond donors (Lipinski definition) is 1. The van der Waals surface area contributed by atoms with Gasteiger partial charge in [-0.1, -0.05) is 6.92 Å². The fourth-order valence-electron chi connectivity index (χ4n) is 1.13. The third kappa shape index (κ3) is 7.47. The van der Waals surface area contributed by atoms with Crippen LogP contribution in [0.3, 0.4) is 0 Å². The third-order valence-electron chi connectivity index (χ3n) is 1.80. The highest BCUT2D eigenvalue weighted by atomic mass is 19.4. The summed E-state index contributed by atoms with van der Waals surface area (Å²) in [7, 11) is 0. The van der Waals surface area contributed by atoms with Crippen molar-refractivity contribution in [3.05, 3.63) is 0 Å². The first kappa shape index (κ1) is 14.5. The Morgan fingerprint density at radius 3 is 1.93 bits per heavy atom. The van der Waals surface area contributed by atoms with Gasteiger partial charge >= 0.3 is 12.4 Å². The van der Waals surface area contributed by atoms with Crippen molar-refractivity contribution in [2.24, 2.45) is 0 Å². The van der Waals surface area contributed by atoms with E-state index in [0.29, 0.717) is 0 Å². The van der Waals surface area contributed by atoms with Crippen LogP contribution in [0.15, 0.2) is 0 Å². The van der Waals surface area contributed by atoms with Crippen molar-refractivity contribution in [1.29, 1.82) is 0 Å². The summed E-state index contributed by atoms with van der Waals surface area (Å²) >= 11 is 0. The highest BCUT2D eigenvalue weighted by Gasteiger charge is 2.39. The molecule has 0 heterocycles. The van der Waals surface area contributed by atoms with Crippen LogP contribution in [0.5, 0.6) is 0 Å². The van der Waals surface area contributed by atoms with Crippen molar-refractivity contribution in [2.75, 3.05) is 6.54 Å². The van der Waals surface area contributed by atoms with E-state index < -0.39 is 37.7 Å². The van der Waals surface area contributed by atoms with Gasteiger partial charge in [-0.05, 0) is 19.4 Å². The normalized spacial score (nSPS) is 15.4. The van der Waals surface area contributed by atoms with E-state index in [1.54, 1.807) is 0 Å². The summed E-state index contributed by atoms with van der Waals surface area (Å²) in [4.78, 5) is 0. The van der Waals surface area contributed by atoms with Crippen molar-refractivity contribution >= 4 is 0 Å². The molecule has 1 N–H and O–H groups in total. The Morgan fingerprint density at radius 1 is 1.07 bits per heavy atom. The number of hydrogen-bond acceptors (Lipinski definition) is 1. The largest absolute Gasteiger partial charge is 0.403 e. The Balaban J connectivity index is 3.98. The number of halogens is 6. The molecule has 1 atom stereocenters. The molecule has 0 radical (unpaired) electrons. The molecule has 0 aliphatic rings. The van der Waals surface area contributed by atoms with Gasteiger partial charge in [0.25, 0.3) is 0 Å². The van der Waals surface area contributed by atoms with E-state index in [9.17, 15) is 26.3 Å². The molecule has 0 amide bonds. The molecule has 0 saturated carbocycles. The second-order valence-electron chi connectivity index (χ2n) is 3.16. The summed E-state index contributed by atoms with van der Waals surface area (Å²) in [6.07, 6.45) is -11.1. The lowest BCUT2D eigenvalue weighted by molar-refractivity contribution is -0.162. The predicted molar refractivity (Wildman–Crippen MR) is 43.4 cm³/mol. The van der Waals surface area contributed by atoms with E-state index in [0.717, 1.165) is 0 Å². The van der Waals surface area contributed by atoms with Crippen LogP contribution < -0.4 is 5.32 Å². The zero-order valence-corrected chi connectivity index (χ0v) is 8.17. The molecule has 0 fully saturated rings. The maximum atomic E-state index is 12.2. The summed E-state index contributed by atoms with van der Waals surface area (Å²) in [5.74, 6) is 0. The van der Waals surface area contributed by atoms with E-state index in [1.807, 2.05) is 0 Å². The van der Waals surface area contributed by atoms with Crippen LogP contribution in [0.4, 0.5) is 26.3 Å². The number of alkyl halides is 6. The van der Waals surface area contributed by atoms with Gasteiger partial charge < -0.3 is 5.32 Å². The van der Waals surface area contributed by atoms with Gasteiger partial charge in [-0.3, -0.25) is 0 Å². The van der Waals surface area contributed by atoms with Gasteiger partial charge in [0, 0.05) is 6.42 Å². The first-order chi connectivity index (χ1) is 6.67. The number of nitrogens with one attached hydrogen (secondary N) is 1. The minimum atomic E-state index is -4.48. The molecule has 92 valence electrons. The monoisotopic (exact) mass is 237 g/mol. The Morgan fingerprint density at radius 2 is 1.60 bits per heavy atom. The SMILES string of the molecule is CCNC(CCCC(F)(F)F)C(F)(F)F. The smallest absolute Gasteiger partial charge is 0.306 e. The summed E-state index contributed by atoms with van der Waals surface area (Å²) in [6, 6.07) is -1.84. The van der Waals surface area contributed by atoms with E-state index in [4.69, 9.17) is 0 Å². The molecule has 1 unspecified atom stereocenters. The molecule has 0 saturated heterocycles. The fourth-order valence-corrected chi connectivity index (χ4v) is 1.13. The molecule has 0 rings (SSSR count). The molecule has 0 spiro atoms. The van der Waals surface area contributed by atoms with E-state index >= 15 is 0 Å². The van der Waals surface area contributed by atoms with Crippen LogP contribution in [0.2, 0.25) is 0 Å². The van der Waals surface area contributed by atoms with E-state index in [2.05, 4.69) is 5.32 Å². The van der Waals surface area contributed by atoms with Gasteiger partial charge in [-0.15, -0.1) is 0 Å². The number of rotatable bonds is 5. The average Bonchev–Trinajstić information content (AvgIpc) is 1.98. The lowest BCUT2D eigenvalue weighted by Gasteiger charge is -2.21. The molecule has 0 aromatic carbocycles. The Kier molecular flexibility index (Phi) is 5.41. The van der Waals surface area contributed by atoms with Gasteiger partial charge in [-0.2, -0.15) is 26.3 Å². The van der Waals surface area contributed by atoms with Crippen molar-refractivity contribution in [2.45, 2.75) is 44.6 Å². The minimum absolute atomic E-state index is 0.0796.